The molecule has 1 atom stereocenters. The van der Waals surface area contributed by atoms with Gasteiger partial charge in [-0.05, 0) is 45.4 Å². The summed E-state index contributed by atoms with van der Waals surface area (Å²) >= 11 is 0. The average molecular weight is 310 g/mol. The number of hydrogen-bond acceptors (Lipinski definition) is 4. The van der Waals surface area contributed by atoms with Crippen LogP contribution in [0.4, 0.5) is 4.79 Å². The molecule has 0 aromatic heterocycles. The third kappa shape index (κ3) is 6.92. The zero-order valence-corrected chi connectivity index (χ0v) is 14.0. The molecule has 6 nitrogen and oxygen atoms in total. The van der Waals surface area contributed by atoms with Gasteiger partial charge in [0.05, 0.1) is 6.10 Å². The zero-order chi connectivity index (χ0) is 16.8. The minimum Gasteiger partial charge on any atom is -0.444 e. The summed E-state index contributed by atoms with van der Waals surface area (Å²) in [5.41, 5.74) is 6.47. The van der Waals surface area contributed by atoms with Crippen LogP contribution in [0.1, 0.15) is 47.0 Å². The Bertz CT molecular complexity index is 441. The Morgan fingerprint density at radius 3 is 2.55 bits per heavy atom. The van der Waals surface area contributed by atoms with Crippen molar-refractivity contribution in [1.29, 1.82) is 0 Å². The molecular weight excluding hydrogens is 282 g/mol. The molecule has 0 aromatic carbocycles. The molecule has 0 aromatic rings. The molecule has 1 unspecified atom stereocenters. The maximum absolute atomic E-state index is 12.0. The van der Waals surface area contributed by atoms with E-state index >= 15 is 0 Å². The van der Waals surface area contributed by atoms with Crippen molar-refractivity contribution in [3.8, 4) is 6.57 Å². The van der Waals surface area contributed by atoms with Gasteiger partial charge in [-0.15, -0.1) is 0 Å². The number of hydrogen-bond donors (Lipinski definition) is 1. The second kappa shape index (κ2) is 8.16. The van der Waals surface area contributed by atoms with Crippen LogP contribution in [0.3, 0.4) is 0 Å². The van der Waals surface area contributed by atoms with Gasteiger partial charge in [0, 0.05) is 25.1 Å². The van der Waals surface area contributed by atoms with Crippen molar-refractivity contribution in [3.05, 3.63) is 16.6 Å². The second-order valence-corrected chi connectivity index (χ2v) is 6.67. The van der Waals surface area contributed by atoms with Crippen LogP contribution < -0.4 is 5.73 Å². The highest BCUT2D eigenvalue weighted by Crippen LogP contribution is 2.19. The molecule has 0 spiro atoms. The smallest absolute Gasteiger partial charge is 0.410 e. The molecule has 6 heteroatoms. The van der Waals surface area contributed by atoms with Crippen molar-refractivity contribution in [2.24, 2.45) is 5.73 Å². The first-order valence-electron chi connectivity index (χ1n) is 7.66. The minimum atomic E-state index is -0.468. The van der Waals surface area contributed by atoms with Gasteiger partial charge in [-0.3, -0.25) is 0 Å². The molecule has 22 heavy (non-hydrogen) atoms. The van der Waals surface area contributed by atoms with Gasteiger partial charge in [0.25, 0.3) is 6.57 Å². The molecule has 0 bridgehead atoms. The number of carbonyl (C=O) groups excluding carboxylic acids is 1. The Balaban J connectivity index is 2.35. The average Bonchev–Trinajstić information content (AvgIpc) is 2.37. The molecule has 1 saturated heterocycles. The van der Waals surface area contributed by atoms with E-state index in [4.69, 9.17) is 21.8 Å². The van der Waals surface area contributed by atoms with E-state index in [-0.39, 0.29) is 18.4 Å². The summed E-state index contributed by atoms with van der Waals surface area (Å²) in [4.78, 5) is 17.1. The Morgan fingerprint density at radius 1 is 1.45 bits per heavy atom. The molecule has 0 aliphatic carbocycles. The first-order valence-corrected chi connectivity index (χ1v) is 7.66. The van der Waals surface area contributed by atoms with E-state index in [2.05, 4.69) is 4.85 Å². The summed E-state index contributed by atoms with van der Waals surface area (Å²) in [5, 5.41) is 0. The van der Waals surface area contributed by atoms with E-state index in [1.165, 1.54) is 0 Å². The van der Waals surface area contributed by atoms with Crippen LogP contribution in [-0.2, 0) is 9.47 Å². The highest BCUT2D eigenvalue weighted by atomic mass is 16.6. The fourth-order valence-corrected chi connectivity index (χ4v) is 2.29. The van der Waals surface area contributed by atoms with E-state index in [9.17, 15) is 4.79 Å². The first-order chi connectivity index (χ1) is 10.2. The van der Waals surface area contributed by atoms with E-state index in [1.54, 1.807) is 11.1 Å². The lowest BCUT2D eigenvalue weighted by atomic mass is 10.1. The summed E-state index contributed by atoms with van der Waals surface area (Å²) < 4.78 is 11.2. The molecule has 1 aliphatic heterocycles. The standard InChI is InChI=1S/C16H28N3O3/c1-12(11-18-5)10-14(17)21-13-6-8-19(9-7-13)15(20)22-16(2,3)4/h5,11,13-14H,6-10,17H2,1-4H3/q+1/b12-11-. The van der Waals surface area contributed by atoms with Gasteiger partial charge in [-0.25, -0.2) is 4.79 Å². The van der Waals surface area contributed by atoms with Crippen LogP contribution in [0.5, 0.6) is 0 Å². The lowest BCUT2D eigenvalue weighted by molar-refractivity contribution is -0.0434. The maximum atomic E-state index is 12.0. The molecule has 1 fully saturated rings. The quantitative estimate of drug-likeness (QED) is 0.811. The van der Waals surface area contributed by atoms with E-state index in [0.29, 0.717) is 19.5 Å². The van der Waals surface area contributed by atoms with E-state index < -0.39 is 5.60 Å². The monoisotopic (exact) mass is 310 g/mol. The molecule has 1 rings (SSSR count). The number of piperidine rings is 1. The molecule has 2 N–H and O–H groups in total. The minimum absolute atomic E-state index is 0.0660. The normalized spacial score (nSPS) is 18.7. The summed E-state index contributed by atoms with van der Waals surface area (Å²) in [5.74, 6) is 0. The van der Waals surface area contributed by atoms with Gasteiger partial charge in [-0.2, -0.15) is 0 Å². The molecule has 0 saturated carbocycles. The van der Waals surface area contributed by atoms with Gasteiger partial charge < -0.3 is 20.1 Å². The zero-order valence-electron chi connectivity index (χ0n) is 14.0. The van der Waals surface area contributed by atoms with Crippen molar-refractivity contribution in [2.45, 2.75) is 64.9 Å². The van der Waals surface area contributed by atoms with Crippen molar-refractivity contribution in [3.63, 3.8) is 0 Å². The third-order valence-electron chi connectivity index (χ3n) is 3.28. The first kappa shape index (κ1) is 18.5. The summed E-state index contributed by atoms with van der Waals surface area (Å²) in [7, 11) is 0. The number of ether oxygens (including phenoxy) is 2. The molecule has 0 radical (unpaired) electrons. The number of nitrogens with two attached hydrogens (primary N) is 1. The highest BCUT2D eigenvalue weighted by Gasteiger charge is 2.28. The van der Waals surface area contributed by atoms with Crippen LogP contribution >= 0.6 is 0 Å². The number of nitrogens with zero attached hydrogens (tertiary/aromatic N) is 2. The SMILES string of the molecule is C#[N+]/C=C(/C)CC(N)OC1CCN(C(=O)OC(C)(C)C)CC1. The van der Waals surface area contributed by atoms with Gasteiger partial charge >= 0.3 is 12.3 Å². The summed E-state index contributed by atoms with van der Waals surface area (Å²) in [6, 6.07) is 0. The van der Waals surface area contributed by atoms with Crippen molar-refractivity contribution in [1.82, 2.24) is 4.90 Å². The molecule has 124 valence electrons. The Morgan fingerprint density at radius 2 is 2.05 bits per heavy atom. The lowest BCUT2D eigenvalue weighted by Gasteiger charge is -2.34. The Labute approximate surface area is 133 Å². The van der Waals surface area contributed by atoms with Crippen molar-refractivity contribution < 1.29 is 14.3 Å². The predicted molar refractivity (Wildman–Crippen MR) is 86.6 cm³/mol. The van der Waals surface area contributed by atoms with Gasteiger partial charge in [0.2, 0.25) is 0 Å². The number of likely N-dealkylation sites (tertiary alicyclic amines) is 1. The predicted octanol–water partition coefficient (Wildman–Crippen LogP) is 2.94. The van der Waals surface area contributed by atoms with Crippen molar-refractivity contribution >= 4 is 6.09 Å². The Kier molecular flexibility index (Phi) is 6.85. The largest absolute Gasteiger partial charge is 0.444 e. The summed E-state index contributed by atoms with van der Waals surface area (Å²) in [6.45, 7) is 13.8. The van der Waals surface area contributed by atoms with Crippen LogP contribution in [-0.4, -0.2) is 42.0 Å². The van der Waals surface area contributed by atoms with Gasteiger partial charge in [0.1, 0.15) is 11.8 Å². The number of amides is 1. The highest BCUT2D eigenvalue weighted by molar-refractivity contribution is 5.68. The van der Waals surface area contributed by atoms with Gasteiger partial charge in [-0.1, -0.05) is 0 Å². The molecule has 1 amide bonds. The third-order valence-corrected chi connectivity index (χ3v) is 3.28. The molecular formula is C16H28N3O3+. The van der Waals surface area contributed by atoms with Crippen LogP contribution in [0.2, 0.25) is 0 Å². The van der Waals surface area contributed by atoms with E-state index in [0.717, 1.165) is 18.4 Å². The maximum Gasteiger partial charge on any atom is 0.410 e. The van der Waals surface area contributed by atoms with Crippen LogP contribution in [0.15, 0.2) is 11.8 Å². The lowest BCUT2D eigenvalue weighted by Crippen LogP contribution is -2.44. The fraction of sp³-hybridized carbons (Fsp3) is 0.750. The van der Waals surface area contributed by atoms with Crippen LogP contribution in [0, 0.1) is 6.57 Å². The second-order valence-electron chi connectivity index (χ2n) is 6.67. The van der Waals surface area contributed by atoms with Crippen molar-refractivity contribution in [2.75, 3.05) is 13.1 Å². The number of rotatable bonds is 4. The number of carbonyl (C=O) groups is 1. The Hall–Kier alpha value is -1.58. The van der Waals surface area contributed by atoms with Gasteiger partial charge in [0.15, 0.2) is 0 Å². The topological polar surface area (TPSA) is 69.2 Å². The fourth-order valence-electron chi connectivity index (χ4n) is 2.29. The molecule has 1 aliphatic rings. The summed E-state index contributed by atoms with van der Waals surface area (Å²) in [6.07, 6.45) is 3.11. The van der Waals surface area contributed by atoms with Crippen LogP contribution in [0.25, 0.3) is 4.85 Å². The van der Waals surface area contributed by atoms with E-state index in [1.807, 2.05) is 27.7 Å². The molecule has 1 heterocycles.